The summed E-state index contributed by atoms with van der Waals surface area (Å²) in [7, 11) is 0. The summed E-state index contributed by atoms with van der Waals surface area (Å²) in [5.74, 6) is 0.935. The van der Waals surface area contributed by atoms with Crippen molar-refractivity contribution >= 4 is 23.5 Å². The van der Waals surface area contributed by atoms with Crippen LogP contribution in [0.15, 0.2) is 76.9 Å². The van der Waals surface area contributed by atoms with Crippen molar-refractivity contribution in [2.75, 3.05) is 18.0 Å². The van der Waals surface area contributed by atoms with Crippen molar-refractivity contribution in [2.24, 2.45) is 5.92 Å². The smallest absolute Gasteiger partial charge is 0.225 e. The summed E-state index contributed by atoms with van der Waals surface area (Å²) in [4.78, 5) is 25.3. The quantitative estimate of drug-likeness (QED) is 0.640. The first kappa shape index (κ1) is 20.4. The van der Waals surface area contributed by atoms with Crippen molar-refractivity contribution in [1.29, 1.82) is 0 Å². The van der Waals surface area contributed by atoms with Gasteiger partial charge in [0.2, 0.25) is 5.91 Å². The fourth-order valence-electron chi connectivity index (χ4n) is 3.63. The molecule has 1 amide bonds. The highest BCUT2D eigenvalue weighted by molar-refractivity contribution is 7.99. The Bertz CT molecular complexity index is 978. The minimum absolute atomic E-state index is 0.0409. The van der Waals surface area contributed by atoms with Crippen molar-refractivity contribution in [3.63, 3.8) is 0 Å². The Labute approximate surface area is 181 Å². The van der Waals surface area contributed by atoms with Crippen LogP contribution in [0.4, 0.5) is 5.82 Å². The highest BCUT2D eigenvalue weighted by Crippen LogP contribution is 2.33. The lowest BCUT2D eigenvalue weighted by atomic mass is 9.97. The number of aryl methyl sites for hydroxylation is 1. The molecule has 6 heteroatoms. The first-order valence-electron chi connectivity index (χ1n) is 10.3. The van der Waals surface area contributed by atoms with E-state index in [1.165, 1.54) is 5.56 Å². The SMILES string of the molecule is Cc1ccc(CNC(=O)[C@H]2CCCN(c3nccnc3Sc3ccccc3)C2)cc1. The van der Waals surface area contributed by atoms with Gasteiger partial charge >= 0.3 is 0 Å². The van der Waals surface area contributed by atoms with E-state index in [1.54, 1.807) is 24.2 Å². The van der Waals surface area contributed by atoms with E-state index in [9.17, 15) is 4.79 Å². The lowest BCUT2D eigenvalue weighted by Gasteiger charge is -2.33. The standard InChI is InChI=1S/C24H26N4OS/c1-18-9-11-19(12-10-18)16-27-23(29)20-6-5-15-28(17-20)22-24(26-14-13-25-22)30-21-7-3-2-4-8-21/h2-4,7-14,20H,5-6,15-17H2,1H3,(H,27,29)/t20-/m0/s1. The molecule has 2 aromatic carbocycles. The molecule has 0 aliphatic carbocycles. The second-order valence-corrected chi connectivity index (χ2v) is 8.65. The normalized spacial score (nSPS) is 16.3. The zero-order valence-electron chi connectivity index (χ0n) is 17.1. The van der Waals surface area contributed by atoms with Gasteiger partial charge in [0.15, 0.2) is 5.82 Å². The summed E-state index contributed by atoms with van der Waals surface area (Å²) < 4.78 is 0. The summed E-state index contributed by atoms with van der Waals surface area (Å²) in [6.07, 6.45) is 5.32. The van der Waals surface area contributed by atoms with E-state index in [4.69, 9.17) is 0 Å². The molecule has 2 heterocycles. The number of rotatable bonds is 6. The van der Waals surface area contributed by atoms with Gasteiger partial charge in [0.25, 0.3) is 0 Å². The van der Waals surface area contributed by atoms with Crippen LogP contribution in [0.25, 0.3) is 0 Å². The van der Waals surface area contributed by atoms with E-state index in [0.29, 0.717) is 13.1 Å². The molecule has 0 spiro atoms. The largest absolute Gasteiger partial charge is 0.354 e. The summed E-state index contributed by atoms with van der Waals surface area (Å²) in [6, 6.07) is 18.5. The van der Waals surface area contributed by atoms with E-state index in [2.05, 4.69) is 63.5 Å². The van der Waals surface area contributed by atoms with Gasteiger partial charge in [-0.15, -0.1) is 0 Å². The highest BCUT2D eigenvalue weighted by atomic mass is 32.2. The molecule has 1 N–H and O–H groups in total. The van der Waals surface area contributed by atoms with Gasteiger partial charge in [-0.25, -0.2) is 9.97 Å². The number of aromatic nitrogens is 2. The third-order valence-corrected chi connectivity index (χ3v) is 6.27. The summed E-state index contributed by atoms with van der Waals surface area (Å²) in [5, 5.41) is 3.99. The third-order valence-electron chi connectivity index (χ3n) is 5.28. The predicted octanol–water partition coefficient (Wildman–Crippen LogP) is 4.47. The lowest BCUT2D eigenvalue weighted by Crippen LogP contribution is -2.43. The zero-order valence-corrected chi connectivity index (χ0v) is 17.9. The number of carbonyl (C=O) groups excluding carboxylic acids is 1. The summed E-state index contributed by atoms with van der Waals surface area (Å²) >= 11 is 1.61. The van der Waals surface area contributed by atoms with E-state index in [-0.39, 0.29) is 11.8 Å². The Kier molecular flexibility index (Phi) is 6.64. The molecule has 1 saturated heterocycles. The molecule has 5 nitrogen and oxygen atoms in total. The van der Waals surface area contributed by atoms with Crippen LogP contribution in [0, 0.1) is 12.8 Å². The molecule has 30 heavy (non-hydrogen) atoms. The maximum atomic E-state index is 12.8. The minimum Gasteiger partial charge on any atom is -0.354 e. The summed E-state index contributed by atoms with van der Waals surface area (Å²) in [5.41, 5.74) is 2.35. The average Bonchev–Trinajstić information content (AvgIpc) is 2.80. The Hall–Kier alpha value is -2.86. The van der Waals surface area contributed by atoms with Gasteiger partial charge in [0.1, 0.15) is 5.03 Å². The average molecular weight is 419 g/mol. The van der Waals surface area contributed by atoms with E-state index in [1.807, 2.05) is 18.2 Å². The highest BCUT2D eigenvalue weighted by Gasteiger charge is 2.28. The first-order valence-corrected chi connectivity index (χ1v) is 11.1. The van der Waals surface area contributed by atoms with Gasteiger partial charge in [-0.05, 0) is 37.5 Å². The van der Waals surface area contributed by atoms with Crippen molar-refractivity contribution in [3.05, 3.63) is 78.1 Å². The van der Waals surface area contributed by atoms with Crippen LogP contribution < -0.4 is 10.2 Å². The number of benzene rings is 2. The molecule has 1 atom stereocenters. The molecular weight excluding hydrogens is 392 g/mol. The number of nitrogens with one attached hydrogen (secondary N) is 1. The van der Waals surface area contributed by atoms with E-state index in [0.717, 1.165) is 40.7 Å². The van der Waals surface area contributed by atoms with Crippen LogP contribution in [-0.2, 0) is 11.3 Å². The molecule has 0 unspecified atom stereocenters. The number of amides is 1. The Morgan fingerprint density at radius 1 is 1.10 bits per heavy atom. The molecule has 1 aromatic heterocycles. The molecule has 1 aliphatic heterocycles. The molecule has 0 saturated carbocycles. The number of nitrogens with zero attached hydrogens (tertiary/aromatic N) is 3. The first-order chi connectivity index (χ1) is 14.7. The van der Waals surface area contributed by atoms with Crippen molar-refractivity contribution in [2.45, 2.75) is 36.2 Å². The zero-order chi connectivity index (χ0) is 20.8. The Morgan fingerprint density at radius 3 is 2.67 bits per heavy atom. The fraction of sp³-hybridized carbons (Fsp3) is 0.292. The molecule has 154 valence electrons. The fourth-order valence-corrected chi connectivity index (χ4v) is 4.53. The molecular formula is C24H26N4OS. The Morgan fingerprint density at radius 2 is 1.87 bits per heavy atom. The molecule has 0 bridgehead atoms. The van der Waals surface area contributed by atoms with Crippen molar-refractivity contribution < 1.29 is 4.79 Å². The van der Waals surface area contributed by atoms with Gasteiger partial charge in [-0.2, -0.15) is 0 Å². The monoisotopic (exact) mass is 418 g/mol. The van der Waals surface area contributed by atoms with Crippen LogP contribution in [0.1, 0.15) is 24.0 Å². The van der Waals surface area contributed by atoms with Crippen LogP contribution in [0.3, 0.4) is 0 Å². The van der Waals surface area contributed by atoms with Gasteiger partial charge in [0, 0.05) is 36.9 Å². The number of piperidine rings is 1. The molecule has 1 fully saturated rings. The predicted molar refractivity (Wildman–Crippen MR) is 121 cm³/mol. The van der Waals surface area contributed by atoms with Gasteiger partial charge in [0.05, 0.1) is 5.92 Å². The molecule has 3 aromatic rings. The maximum Gasteiger partial charge on any atom is 0.225 e. The van der Waals surface area contributed by atoms with Crippen LogP contribution in [0.5, 0.6) is 0 Å². The van der Waals surface area contributed by atoms with Crippen molar-refractivity contribution in [1.82, 2.24) is 15.3 Å². The van der Waals surface area contributed by atoms with Crippen LogP contribution in [-0.4, -0.2) is 29.0 Å². The lowest BCUT2D eigenvalue weighted by molar-refractivity contribution is -0.125. The number of hydrogen-bond acceptors (Lipinski definition) is 5. The van der Waals surface area contributed by atoms with Crippen LogP contribution in [0.2, 0.25) is 0 Å². The van der Waals surface area contributed by atoms with E-state index < -0.39 is 0 Å². The van der Waals surface area contributed by atoms with Gasteiger partial charge < -0.3 is 10.2 Å². The van der Waals surface area contributed by atoms with Crippen LogP contribution >= 0.6 is 11.8 Å². The third kappa shape index (κ3) is 5.19. The van der Waals surface area contributed by atoms with Gasteiger partial charge in [-0.3, -0.25) is 4.79 Å². The topological polar surface area (TPSA) is 58.1 Å². The molecule has 4 rings (SSSR count). The summed E-state index contributed by atoms with van der Waals surface area (Å²) in [6.45, 7) is 4.19. The number of anilines is 1. The van der Waals surface area contributed by atoms with Gasteiger partial charge in [-0.1, -0.05) is 59.8 Å². The second kappa shape index (κ2) is 9.76. The molecule has 1 aliphatic rings. The maximum absolute atomic E-state index is 12.8. The Balaban J connectivity index is 1.41. The molecule has 0 radical (unpaired) electrons. The second-order valence-electron chi connectivity index (χ2n) is 7.59. The number of carbonyl (C=O) groups is 1. The van der Waals surface area contributed by atoms with E-state index >= 15 is 0 Å². The minimum atomic E-state index is -0.0409. The number of hydrogen-bond donors (Lipinski definition) is 1. The van der Waals surface area contributed by atoms with Crippen molar-refractivity contribution in [3.8, 4) is 0 Å².